The molecule has 6 heteroatoms. The number of hydrogen-bond acceptors (Lipinski definition) is 4. The van der Waals surface area contributed by atoms with Crippen molar-refractivity contribution in [2.45, 2.75) is 6.54 Å². The highest BCUT2D eigenvalue weighted by Crippen LogP contribution is 2.08. The second-order valence-corrected chi connectivity index (χ2v) is 3.92. The lowest BCUT2D eigenvalue weighted by molar-refractivity contribution is 0.780. The zero-order valence-corrected chi connectivity index (χ0v) is 9.93. The maximum absolute atomic E-state index is 11.6. The van der Waals surface area contributed by atoms with Gasteiger partial charge in [-0.3, -0.25) is 14.3 Å². The molecule has 0 saturated heterocycles. The van der Waals surface area contributed by atoms with Gasteiger partial charge in [0.15, 0.2) is 0 Å². The lowest BCUT2D eigenvalue weighted by atomic mass is 10.2. The molecule has 0 aliphatic carbocycles. The van der Waals surface area contributed by atoms with E-state index in [9.17, 15) is 9.59 Å². The number of nitrogens with zero attached hydrogens (tertiary/aromatic N) is 1. The highest BCUT2D eigenvalue weighted by molar-refractivity contribution is 5.59. The Bertz CT molecular complexity index is 658. The van der Waals surface area contributed by atoms with Crippen LogP contribution in [-0.2, 0) is 13.6 Å². The van der Waals surface area contributed by atoms with Gasteiger partial charge in [-0.25, -0.2) is 4.79 Å². The predicted octanol–water partition coefficient (Wildman–Crippen LogP) is 0.268. The van der Waals surface area contributed by atoms with Gasteiger partial charge in [-0.15, -0.1) is 0 Å². The largest absolute Gasteiger partial charge is 0.391 e. The van der Waals surface area contributed by atoms with Gasteiger partial charge in [-0.05, 0) is 5.56 Å². The topological polar surface area (TPSA) is 92.9 Å². The first kappa shape index (κ1) is 12.0. The van der Waals surface area contributed by atoms with E-state index in [1.54, 1.807) is 0 Å². The van der Waals surface area contributed by atoms with Crippen LogP contribution in [0.15, 0.2) is 39.9 Å². The lowest BCUT2D eigenvalue weighted by Gasteiger charge is -2.09. The summed E-state index contributed by atoms with van der Waals surface area (Å²) in [5.41, 5.74) is 5.68. The minimum atomic E-state index is -0.505. The van der Waals surface area contributed by atoms with Crippen LogP contribution in [0.2, 0.25) is 0 Å². The molecule has 2 aromatic rings. The standard InChI is InChI=1S/C12H14N4O2/c1-16-11(17)9(13)10(15-12(16)18)14-7-8-5-3-2-4-6-8/h2-6,14H,7,13H2,1H3,(H,15,18). The molecule has 4 N–H and O–H groups in total. The van der Waals surface area contributed by atoms with E-state index in [0.717, 1.165) is 10.1 Å². The molecule has 0 atom stereocenters. The highest BCUT2D eigenvalue weighted by atomic mass is 16.2. The molecule has 2 rings (SSSR count). The molecule has 6 nitrogen and oxygen atoms in total. The Hall–Kier alpha value is -2.50. The number of rotatable bonds is 3. The fraction of sp³-hybridized carbons (Fsp3) is 0.167. The number of anilines is 2. The molecule has 1 heterocycles. The minimum absolute atomic E-state index is 0.00744. The van der Waals surface area contributed by atoms with Crippen LogP contribution in [0.3, 0.4) is 0 Å². The monoisotopic (exact) mass is 246 g/mol. The third kappa shape index (κ3) is 2.27. The molecule has 0 aliphatic heterocycles. The van der Waals surface area contributed by atoms with Crippen LogP contribution in [-0.4, -0.2) is 9.55 Å². The number of benzene rings is 1. The summed E-state index contributed by atoms with van der Waals surface area (Å²) in [6.45, 7) is 0.480. The number of nitrogen functional groups attached to an aromatic ring is 1. The number of aromatic nitrogens is 2. The molecule has 0 amide bonds. The van der Waals surface area contributed by atoms with Crippen molar-refractivity contribution in [2.75, 3.05) is 11.1 Å². The zero-order valence-electron chi connectivity index (χ0n) is 9.93. The van der Waals surface area contributed by atoms with Gasteiger partial charge in [0.1, 0.15) is 11.5 Å². The smallest absolute Gasteiger partial charge is 0.329 e. The van der Waals surface area contributed by atoms with E-state index in [-0.39, 0.29) is 11.5 Å². The summed E-state index contributed by atoms with van der Waals surface area (Å²) in [6, 6.07) is 9.60. The summed E-state index contributed by atoms with van der Waals surface area (Å²) in [4.78, 5) is 25.6. The highest BCUT2D eigenvalue weighted by Gasteiger charge is 2.07. The van der Waals surface area contributed by atoms with Gasteiger partial charge in [0, 0.05) is 13.6 Å². The summed E-state index contributed by atoms with van der Waals surface area (Å²) in [5, 5.41) is 2.94. The van der Waals surface area contributed by atoms with Crippen molar-refractivity contribution in [3.63, 3.8) is 0 Å². The van der Waals surface area contributed by atoms with Gasteiger partial charge in [0.05, 0.1) is 0 Å². The van der Waals surface area contributed by atoms with E-state index >= 15 is 0 Å². The van der Waals surface area contributed by atoms with Crippen LogP contribution in [0, 0.1) is 0 Å². The summed E-state index contributed by atoms with van der Waals surface area (Å²) < 4.78 is 0.934. The lowest BCUT2D eigenvalue weighted by Crippen LogP contribution is -2.35. The summed E-state index contributed by atoms with van der Waals surface area (Å²) in [5.74, 6) is 0.256. The maximum atomic E-state index is 11.6. The van der Waals surface area contributed by atoms with Gasteiger partial charge in [0.2, 0.25) is 0 Å². The van der Waals surface area contributed by atoms with Crippen LogP contribution in [0.25, 0.3) is 0 Å². The second-order valence-electron chi connectivity index (χ2n) is 3.92. The molecule has 1 aromatic carbocycles. The molecule has 0 saturated carbocycles. The van der Waals surface area contributed by atoms with Crippen molar-refractivity contribution in [2.24, 2.45) is 7.05 Å². The summed E-state index contributed by atoms with van der Waals surface area (Å²) in [7, 11) is 1.37. The van der Waals surface area contributed by atoms with E-state index in [1.807, 2.05) is 30.3 Å². The van der Waals surface area contributed by atoms with Gasteiger partial charge in [0.25, 0.3) is 5.56 Å². The van der Waals surface area contributed by atoms with Gasteiger partial charge < -0.3 is 11.1 Å². The Labute approximate surface area is 103 Å². The normalized spacial score (nSPS) is 10.3. The van der Waals surface area contributed by atoms with Crippen molar-refractivity contribution in [3.8, 4) is 0 Å². The van der Waals surface area contributed by atoms with Crippen LogP contribution < -0.4 is 22.3 Å². The minimum Gasteiger partial charge on any atom is -0.391 e. The van der Waals surface area contributed by atoms with Gasteiger partial charge >= 0.3 is 5.69 Å². The van der Waals surface area contributed by atoms with E-state index in [0.29, 0.717) is 6.54 Å². The molecule has 0 aliphatic rings. The molecular formula is C12H14N4O2. The molecule has 94 valence electrons. The Morgan fingerprint density at radius 1 is 1.28 bits per heavy atom. The first-order chi connectivity index (χ1) is 8.59. The van der Waals surface area contributed by atoms with Crippen molar-refractivity contribution in [1.82, 2.24) is 9.55 Å². The number of aromatic amines is 1. The molecule has 0 bridgehead atoms. The third-order valence-corrected chi connectivity index (χ3v) is 2.65. The quantitative estimate of drug-likeness (QED) is 0.724. The summed E-state index contributed by atoms with van der Waals surface area (Å²) >= 11 is 0. The van der Waals surface area contributed by atoms with Crippen LogP contribution >= 0.6 is 0 Å². The molecule has 0 unspecified atom stereocenters. The Morgan fingerprint density at radius 2 is 1.94 bits per heavy atom. The predicted molar refractivity (Wildman–Crippen MR) is 70.5 cm³/mol. The molecule has 1 aromatic heterocycles. The second kappa shape index (κ2) is 4.79. The first-order valence-corrected chi connectivity index (χ1v) is 5.46. The Kier molecular flexibility index (Phi) is 3.18. The van der Waals surface area contributed by atoms with Crippen molar-refractivity contribution in [3.05, 3.63) is 56.7 Å². The van der Waals surface area contributed by atoms with Crippen molar-refractivity contribution < 1.29 is 0 Å². The van der Waals surface area contributed by atoms with Crippen molar-refractivity contribution >= 4 is 11.5 Å². The van der Waals surface area contributed by atoms with E-state index in [1.165, 1.54) is 7.05 Å². The van der Waals surface area contributed by atoms with Gasteiger partial charge in [-0.2, -0.15) is 0 Å². The van der Waals surface area contributed by atoms with E-state index < -0.39 is 11.2 Å². The number of nitrogens with one attached hydrogen (secondary N) is 2. The molecule has 18 heavy (non-hydrogen) atoms. The fourth-order valence-corrected chi connectivity index (χ4v) is 1.56. The van der Waals surface area contributed by atoms with Crippen LogP contribution in [0.5, 0.6) is 0 Å². The molecule has 0 fully saturated rings. The third-order valence-electron chi connectivity index (χ3n) is 2.65. The SMILES string of the molecule is Cn1c(=O)[nH]c(NCc2ccccc2)c(N)c1=O. The van der Waals surface area contributed by atoms with Crippen LogP contribution in [0.4, 0.5) is 11.5 Å². The fourth-order valence-electron chi connectivity index (χ4n) is 1.56. The average molecular weight is 246 g/mol. The number of hydrogen-bond donors (Lipinski definition) is 3. The van der Waals surface area contributed by atoms with Crippen LogP contribution in [0.1, 0.15) is 5.56 Å². The summed E-state index contributed by atoms with van der Waals surface area (Å²) in [6.07, 6.45) is 0. The number of H-pyrrole nitrogens is 1. The maximum Gasteiger partial charge on any atom is 0.329 e. The Morgan fingerprint density at radius 3 is 2.61 bits per heavy atom. The first-order valence-electron chi connectivity index (χ1n) is 5.46. The van der Waals surface area contributed by atoms with Crippen molar-refractivity contribution in [1.29, 1.82) is 0 Å². The molecule has 0 radical (unpaired) electrons. The number of nitrogens with two attached hydrogens (primary N) is 1. The van der Waals surface area contributed by atoms with Gasteiger partial charge in [-0.1, -0.05) is 30.3 Å². The molecule has 0 spiro atoms. The van der Waals surface area contributed by atoms with E-state index in [4.69, 9.17) is 5.73 Å². The Balaban J connectivity index is 2.26. The van der Waals surface area contributed by atoms with E-state index in [2.05, 4.69) is 10.3 Å². The molecular weight excluding hydrogens is 232 g/mol. The zero-order chi connectivity index (χ0) is 13.1. The average Bonchev–Trinajstić information content (AvgIpc) is 2.40.